The predicted molar refractivity (Wildman–Crippen MR) is 69.3 cm³/mol. The Balaban J connectivity index is 3.00. The van der Waals surface area contributed by atoms with Crippen LogP contribution in [0.15, 0.2) is 18.2 Å². The number of amides is 1. The predicted octanol–water partition coefficient (Wildman–Crippen LogP) is 1.39. The number of hydrogen-bond acceptors (Lipinski definition) is 5. The van der Waals surface area contributed by atoms with E-state index in [1.165, 1.54) is 12.1 Å². The first-order valence-electron chi connectivity index (χ1n) is 5.61. The Kier molecular flexibility index (Phi) is 4.56. The lowest BCUT2D eigenvalue weighted by atomic mass is 10.0. The lowest BCUT2D eigenvalue weighted by Crippen LogP contribution is -2.39. The number of benzene rings is 1. The van der Waals surface area contributed by atoms with E-state index in [2.05, 4.69) is 5.32 Å². The van der Waals surface area contributed by atoms with Gasteiger partial charge in [0.15, 0.2) is 0 Å². The van der Waals surface area contributed by atoms with Gasteiger partial charge < -0.3 is 11.1 Å². The van der Waals surface area contributed by atoms with Crippen LogP contribution in [0.2, 0.25) is 0 Å². The van der Waals surface area contributed by atoms with Gasteiger partial charge in [-0.25, -0.2) is 0 Å². The van der Waals surface area contributed by atoms with Crippen LogP contribution < -0.4 is 11.1 Å². The maximum absolute atomic E-state index is 11.8. The van der Waals surface area contributed by atoms with Gasteiger partial charge in [0.2, 0.25) is 5.91 Å². The van der Waals surface area contributed by atoms with E-state index >= 15 is 0 Å². The second-order valence-corrected chi connectivity index (χ2v) is 4.36. The number of non-ortho nitro benzene ring substituents is 1. The number of nitriles is 1. The molecule has 0 aliphatic heterocycles. The summed E-state index contributed by atoms with van der Waals surface area (Å²) in [5.41, 5.74) is 5.71. The first-order valence-corrected chi connectivity index (χ1v) is 5.61. The summed E-state index contributed by atoms with van der Waals surface area (Å²) in [6.45, 7) is 3.59. The third kappa shape index (κ3) is 3.50. The molecule has 19 heavy (non-hydrogen) atoms. The summed E-state index contributed by atoms with van der Waals surface area (Å²) in [4.78, 5) is 21.7. The zero-order chi connectivity index (χ0) is 14.6. The largest absolute Gasteiger partial charge is 0.324 e. The van der Waals surface area contributed by atoms with Crippen molar-refractivity contribution in [2.75, 3.05) is 5.32 Å². The number of rotatable bonds is 4. The smallest absolute Gasteiger partial charge is 0.270 e. The van der Waals surface area contributed by atoms with Crippen molar-refractivity contribution in [3.63, 3.8) is 0 Å². The lowest BCUT2D eigenvalue weighted by molar-refractivity contribution is -0.384. The summed E-state index contributed by atoms with van der Waals surface area (Å²) in [6.07, 6.45) is 0. The van der Waals surface area contributed by atoms with Crippen LogP contribution in [0.4, 0.5) is 11.4 Å². The highest BCUT2D eigenvalue weighted by atomic mass is 16.6. The van der Waals surface area contributed by atoms with Crippen LogP contribution in [0.5, 0.6) is 0 Å². The molecule has 0 aliphatic rings. The normalized spacial score (nSPS) is 11.7. The molecule has 7 nitrogen and oxygen atoms in total. The van der Waals surface area contributed by atoms with Gasteiger partial charge in [0.05, 0.1) is 22.2 Å². The fourth-order valence-electron chi connectivity index (χ4n) is 1.37. The van der Waals surface area contributed by atoms with Crippen molar-refractivity contribution in [2.45, 2.75) is 19.9 Å². The van der Waals surface area contributed by atoms with Crippen molar-refractivity contribution in [3.8, 4) is 6.07 Å². The average molecular weight is 262 g/mol. The van der Waals surface area contributed by atoms with E-state index in [0.29, 0.717) is 0 Å². The maximum atomic E-state index is 11.8. The minimum Gasteiger partial charge on any atom is -0.324 e. The zero-order valence-electron chi connectivity index (χ0n) is 10.6. The summed E-state index contributed by atoms with van der Waals surface area (Å²) in [5.74, 6) is -0.482. The zero-order valence-corrected chi connectivity index (χ0v) is 10.6. The van der Waals surface area contributed by atoms with Crippen LogP contribution >= 0.6 is 0 Å². The van der Waals surface area contributed by atoms with E-state index in [4.69, 9.17) is 11.0 Å². The monoisotopic (exact) mass is 262 g/mol. The maximum Gasteiger partial charge on any atom is 0.270 e. The first kappa shape index (κ1) is 14.6. The van der Waals surface area contributed by atoms with Crippen LogP contribution in [0.3, 0.4) is 0 Å². The Morgan fingerprint density at radius 1 is 1.53 bits per heavy atom. The molecule has 0 unspecified atom stereocenters. The molecule has 100 valence electrons. The molecule has 3 N–H and O–H groups in total. The molecule has 0 saturated carbocycles. The molecule has 0 radical (unpaired) electrons. The van der Waals surface area contributed by atoms with E-state index in [1.54, 1.807) is 19.9 Å². The molecule has 1 rings (SSSR count). The van der Waals surface area contributed by atoms with Crippen LogP contribution in [0.1, 0.15) is 19.4 Å². The fourth-order valence-corrected chi connectivity index (χ4v) is 1.37. The molecule has 1 aromatic carbocycles. The van der Waals surface area contributed by atoms with Crippen LogP contribution in [0.25, 0.3) is 0 Å². The summed E-state index contributed by atoms with van der Waals surface area (Å²) in [6, 6.07) is 4.75. The molecule has 0 spiro atoms. The number of nitrogens with one attached hydrogen (secondary N) is 1. The van der Waals surface area contributed by atoms with Gasteiger partial charge in [-0.2, -0.15) is 5.26 Å². The molecule has 1 aromatic rings. The van der Waals surface area contributed by atoms with Gasteiger partial charge in [-0.3, -0.25) is 14.9 Å². The van der Waals surface area contributed by atoms with Gasteiger partial charge in [0.25, 0.3) is 5.69 Å². The van der Waals surface area contributed by atoms with Crippen molar-refractivity contribution in [2.24, 2.45) is 11.7 Å². The number of nitro groups is 1. The second kappa shape index (κ2) is 5.93. The standard InChI is InChI=1S/C12H14N4O3/c1-7(2)11(14)12(17)15-10-4-3-9(16(18)19)5-8(10)6-13/h3-5,7,11H,14H2,1-2H3,(H,15,17)/t11-/m1/s1. The molecule has 0 saturated heterocycles. The average Bonchev–Trinajstić information content (AvgIpc) is 2.37. The van der Waals surface area contributed by atoms with E-state index in [0.717, 1.165) is 6.07 Å². The van der Waals surface area contributed by atoms with Crippen molar-refractivity contribution in [1.29, 1.82) is 5.26 Å². The third-order valence-corrected chi connectivity index (χ3v) is 2.61. The third-order valence-electron chi connectivity index (χ3n) is 2.61. The molecular formula is C12H14N4O3. The summed E-state index contributed by atoms with van der Waals surface area (Å²) in [5, 5.41) is 22.0. The van der Waals surface area contributed by atoms with Gasteiger partial charge in [-0.15, -0.1) is 0 Å². The number of nitro benzene ring substituents is 1. The fraction of sp³-hybridized carbons (Fsp3) is 0.333. The van der Waals surface area contributed by atoms with Gasteiger partial charge in [0.1, 0.15) is 6.07 Å². The highest BCUT2D eigenvalue weighted by Crippen LogP contribution is 2.21. The van der Waals surface area contributed by atoms with E-state index in [1.807, 2.05) is 0 Å². The number of hydrogen-bond donors (Lipinski definition) is 2. The van der Waals surface area contributed by atoms with E-state index < -0.39 is 16.9 Å². The molecule has 0 heterocycles. The SMILES string of the molecule is CC(C)[C@@H](N)C(=O)Nc1ccc([N+](=O)[O-])cc1C#N. The number of carbonyl (C=O) groups is 1. The Labute approximate surface area is 110 Å². The molecule has 7 heteroatoms. The Bertz CT molecular complexity index is 548. The highest BCUT2D eigenvalue weighted by molar-refractivity contribution is 5.96. The summed E-state index contributed by atoms with van der Waals surface area (Å²) in [7, 11) is 0. The van der Waals surface area contributed by atoms with E-state index in [-0.39, 0.29) is 22.9 Å². The molecule has 0 aromatic heterocycles. The summed E-state index contributed by atoms with van der Waals surface area (Å²) < 4.78 is 0. The molecule has 0 fully saturated rings. The summed E-state index contributed by atoms with van der Waals surface area (Å²) >= 11 is 0. The van der Waals surface area contributed by atoms with E-state index in [9.17, 15) is 14.9 Å². The Morgan fingerprint density at radius 3 is 2.63 bits per heavy atom. The molecule has 0 bridgehead atoms. The van der Waals surface area contributed by atoms with Gasteiger partial charge in [-0.05, 0) is 12.0 Å². The van der Waals surface area contributed by atoms with Gasteiger partial charge >= 0.3 is 0 Å². The first-order chi connectivity index (χ1) is 8.86. The van der Waals surface area contributed by atoms with Crippen molar-refractivity contribution in [3.05, 3.63) is 33.9 Å². The van der Waals surface area contributed by atoms with Crippen LogP contribution in [-0.2, 0) is 4.79 Å². The Morgan fingerprint density at radius 2 is 2.16 bits per heavy atom. The number of nitrogens with zero attached hydrogens (tertiary/aromatic N) is 2. The topological polar surface area (TPSA) is 122 Å². The molecule has 0 aliphatic carbocycles. The quantitative estimate of drug-likeness (QED) is 0.627. The molecule has 1 atom stereocenters. The molecular weight excluding hydrogens is 248 g/mol. The number of anilines is 1. The minimum absolute atomic E-state index is 0.0264. The number of carbonyl (C=O) groups excluding carboxylic acids is 1. The van der Waals surface area contributed by atoms with Crippen molar-refractivity contribution >= 4 is 17.3 Å². The highest BCUT2D eigenvalue weighted by Gasteiger charge is 2.19. The van der Waals surface area contributed by atoms with Crippen molar-refractivity contribution < 1.29 is 9.72 Å². The van der Waals surface area contributed by atoms with Gasteiger partial charge in [0, 0.05) is 12.1 Å². The number of nitrogens with two attached hydrogens (primary N) is 1. The second-order valence-electron chi connectivity index (χ2n) is 4.36. The van der Waals surface area contributed by atoms with Crippen LogP contribution in [0, 0.1) is 27.4 Å². The minimum atomic E-state index is -0.707. The molecule has 1 amide bonds. The van der Waals surface area contributed by atoms with Gasteiger partial charge in [-0.1, -0.05) is 13.8 Å². The lowest BCUT2D eigenvalue weighted by Gasteiger charge is -2.15. The Hall–Kier alpha value is -2.46. The van der Waals surface area contributed by atoms with Crippen molar-refractivity contribution in [1.82, 2.24) is 0 Å². The van der Waals surface area contributed by atoms with Crippen LogP contribution in [-0.4, -0.2) is 16.9 Å².